The summed E-state index contributed by atoms with van der Waals surface area (Å²) in [5.74, 6) is -1.03. The Kier molecular flexibility index (Phi) is 2.10. The molecule has 0 amide bonds. The van der Waals surface area contributed by atoms with E-state index >= 15 is 0 Å². The minimum atomic E-state index is -1.03. The molecule has 0 fully saturated rings. The number of hydrogen-bond donors (Lipinski definition) is 1. The molecule has 3 nitrogen and oxygen atoms in total. The third-order valence-electron chi connectivity index (χ3n) is 1.22. The van der Waals surface area contributed by atoms with Crippen LogP contribution >= 0.6 is 11.6 Å². The monoisotopic (exact) mass is 171 g/mol. The second-order valence-corrected chi connectivity index (χ2v) is 2.52. The van der Waals surface area contributed by atoms with Crippen molar-refractivity contribution in [2.45, 2.75) is 6.92 Å². The SMILES string of the molecule is Cc1cc(C(=O)O)c(Cl)cn1. The molecule has 0 radical (unpaired) electrons. The molecule has 0 saturated heterocycles. The minimum absolute atomic E-state index is 0.0965. The van der Waals surface area contributed by atoms with Crippen molar-refractivity contribution in [3.05, 3.63) is 28.5 Å². The topological polar surface area (TPSA) is 50.2 Å². The average Bonchev–Trinajstić information content (AvgIpc) is 1.94. The standard InChI is InChI=1S/C7H6ClNO2/c1-4-2-5(7(10)11)6(8)3-9-4/h2-3H,1H3,(H,10,11). The van der Waals surface area contributed by atoms with E-state index in [0.717, 1.165) is 0 Å². The number of rotatable bonds is 1. The van der Waals surface area contributed by atoms with Crippen LogP contribution in [0.5, 0.6) is 0 Å². The lowest BCUT2D eigenvalue weighted by atomic mass is 10.2. The van der Waals surface area contributed by atoms with Gasteiger partial charge in [0.15, 0.2) is 0 Å². The highest BCUT2D eigenvalue weighted by atomic mass is 35.5. The molecule has 0 aliphatic carbocycles. The fourth-order valence-corrected chi connectivity index (χ4v) is 0.891. The van der Waals surface area contributed by atoms with Crippen molar-refractivity contribution in [3.8, 4) is 0 Å². The van der Waals surface area contributed by atoms with Crippen LogP contribution in [-0.4, -0.2) is 16.1 Å². The Labute approximate surface area is 68.6 Å². The van der Waals surface area contributed by atoms with Gasteiger partial charge in [-0.15, -0.1) is 0 Å². The molecule has 1 heterocycles. The molecule has 58 valence electrons. The maximum atomic E-state index is 10.5. The van der Waals surface area contributed by atoms with Gasteiger partial charge in [-0.1, -0.05) is 11.6 Å². The average molecular weight is 172 g/mol. The molecule has 0 spiro atoms. The normalized spacial score (nSPS) is 9.64. The van der Waals surface area contributed by atoms with Crippen LogP contribution in [0.4, 0.5) is 0 Å². The van der Waals surface area contributed by atoms with Crippen molar-refractivity contribution in [1.29, 1.82) is 0 Å². The largest absolute Gasteiger partial charge is 0.478 e. The summed E-state index contributed by atoms with van der Waals surface area (Å²) in [5.41, 5.74) is 0.742. The molecule has 1 aromatic rings. The molecular weight excluding hydrogens is 166 g/mol. The number of carbonyl (C=O) groups is 1. The third kappa shape index (κ3) is 1.68. The fraction of sp³-hybridized carbons (Fsp3) is 0.143. The van der Waals surface area contributed by atoms with Gasteiger partial charge in [0.2, 0.25) is 0 Å². The van der Waals surface area contributed by atoms with E-state index in [1.807, 2.05) is 0 Å². The Morgan fingerprint density at radius 3 is 2.82 bits per heavy atom. The summed E-state index contributed by atoms with van der Waals surface area (Å²) in [6.07, 6.45) is 1.33. The summed E-state index contributed by atoms with van der Waals surface area (Å²) in [7, 11) is 0. The van der Waals surface area contributed by atoms with Crippen LogP contribution in [0.1, 0.15) is 16.1 Å². The summed E-state index contributed by atoms with van der Waals surface area (Å²) in [4.78, 5) is 14.3. The van der Waals surface area contributed by atoms with Crippen LogP contribution in [0.2, 0.25) is 5.02 Å². The first-order valence-corrected chi connectivity index (χ1v) is 3.34. The molecule has 1 rings (SSSR count). The predicted octanol–water partition coefficient (Wildman–Crippen LogP) is 1.74. The number of aromatic carboxylic acids is 1. The number of carboxylic acids is 1. The first kappa shape index (κ1) is 8.01. The van der Waals surface area contributed by atoms with Gasteiger partial charge in [0.05, 0.1) is 10.6 Å². The van der Waals surface area contributed by atoms with Gasteiger partial charge in [0.1, 0.15) is 0 Å². The van der Waals surface area contributed by atoms with Crippen molar-refractivity contribution in [2.75, 3.05) is 0 Å². The van der Waals surface area contributed by atoms with Crippen molar-refractivity contribution in [3.63, 3.8) is 0 Å². The zero-order valence-electron chi connectivity index (χ0n) is 5.84. The van der Waals surface area contributed by atoms with E-state index < -0.39 is 5.97 Å². The zero-order valence-corrected chi connectivity index (χ0v) is 6.59. The zero-order chi connectivity index (χ0) is 8.43. The summed E-state index contributed by atoms with van der Waals surface area (Å²) in [6.45, 7) is 1.71. The number of hydrogen-bond acceptors (Lipinski definition) is 2. The molecule has 0 aromatic carbocycles. The molecule has 0 bridgehead atoms. The van der Waals surface area contributed by atoms with Crippen LogP contribution in [0, 0.1) is 6.92 Å². The van der Waals surface area contributed by atoms with E-state index in [4.69, 9.17) is 16.7 Å². The number of pyridine rings is 1. The van der Waals surface area contributed by atoms with Crippen LogP contribution in [0.25, 0.3) is 0 Å². The Morgan fingerprint density at radius 2 is 2.36 bits per heavy atom. The Balaban J connectivity index is 3.23. The van der Waals surface area contributed by atoms with Gasteiger partial charge in [0.25, 0.3) is 0 Å². The number of carboxylic acid groups (broad SMARTS) is 1. The van der Waals surface area contributed by atoms with E-state index in [9.17, 15) is 4.79 Å². The van der Waals surface area contributed by atoms with Crippen LogP contribution in [0.3, 0.4) is 0 Å². The van der Waals surface area contributed by atoms with E-state index in [0.29, 0.717) is 5.69 Å². The highest BCUT2D eigenvalue weighted by molar-refractivity contribution is 6.33. The smallest absolute Gasteiger partial charge is 0.337 e. The summed E-state index contributed by atoms with van der Waals surface area (Å²) in [6, 6.07) is 1.44. The highest BCUT2D eigenvalue weighted by Gasteiger charge is 2.07. The molecule has 0 atom stereocenters. The van der Waals surface area contributed by atoms with Gasteiger partial charge in [-0.05, 0) is 13.0 Å². The molecule has 0 saturated carbocycles. The highest BCUT2D eigenvalue weighted by Crippen LogP contribution is 2.14. The van der Waals surface area contributed by atoms with Crippen LogP contribution in [0.15, 0.2) is 12.3 Å². The summed E-state index contributed by atoms with van der Waals surface area (Å²) >= 11 is 5.55. The molecule has 0 aliphatic heterocycles. The van der Waals surface area contributed by atoms with Gasteiger partial charge in [0, 0.05) is 11.9 Å². The van der Waals surface area contributed by atoms with Crippen molar-refractivity contribution in [2.24, 2.45) is 0 Å². The van der Waals surface area contributed by atoms with E-state index in [1.54, 1.807) is 6.92 Å². The summed E-state index contributed by atoms with van der Waals surface area (Å²) in [5, 5.41) is 8.75. The summed E-state index contributed by atoms with van der Waals surface area (Å²) < 4.78 is 0. The fourth-order valence-electron chi connectivity index (χ4n) is 0.707. The minimum Gasteiger partial charge on any atom is -0.478 e. The number of halogens is 1. The van der Waals surface area contributed by atoms with Crippen molar-refractivity contribution >= 4 is 17.6 Å². The molecule has 11 heavy (non-hydrogen) atoms. The predicted molar refractivity (Wildman–Crippen MR) is 40.9 cm³/mol. The Morgan fingerprint density at radius 1 is 1.73 bits per heavy atom. The first-order valence-electron chi connectivity index (χ1n) is 2.96. The van der Waals surface area contributed by atoms with E-state index in [-0.39, 0.29) is 10.6 Å². The van der Waals surface area contributed by atoms with Crippen LogP contribution < -0.4 is 0 Å². The lowest BCUT2D eigenvalue weighted by molar-refractivity contribution is 0.0697. The van der Waals surface area contributed by atoms with Gasteiger partial charge in [-0.3, -0.25) is 4.98 Å². The first-order chi connectivity index (χ1) is 5.11. The van der Waals surface area contributed by atoms with Crippen LogP contribution in [-0.2, 0) is 0 Å². The Hall–Kier alpha value is -1.09. The van der Waals surface area contributed by atoms with Gasteiger partial charge >= 0.3 is 5.97 Å². The maximum absolute atomic E-state index is 10.5. The van der Waals surface area contributed by atoms with E-state index in [2.05, 4.69) is 4.98 Å². The molecule has 1 N–H and O–H groups in total. The number of aromatic nitrogens is 1. The van der Waals surface area contributed by atoms with Gasteiger partial charge in [-0.25, -0.2) is 4.79 Å². The molecule has 0 unspecified atom stereocenters. The lowest BCUT2D eigenvalue weighted by Gasteiger charge is -1.97. The molecule has 1 aromatic heterocycles. The molecular formula is C7H6ClNO2. The Bertz CT molecular complexity index is 298. The quantitative estimate of drug-likeness (QED) is 0.700. The van der Waals surface area contributed by atoms with Gasteiger partial charge in [-0.2, -0.15) is 0 Å². The maximum Gasteiger partial charge on any atom is 0.337 e. The second kappa shape index (κ2) is 2.88. The van der Waals surface area contributed by atoms with Crippen molar-refractivity contribution in [1.82, 2.24) is 4.98 Å². The molecule has 4 heteroatoms. The third-order valence-corrected chi connectivity index (χ3v) is 1.52. The number of nitrogens with zero attached hydrogens (tertiary/aromatic N) is 1. The van der Waals surface area contributed by atoms with Gasteiger partial charge < -0.3 is 5.11 Å². The lowest BCUT2D eigenvalue weighted by Crippen LogP contribution is -1.98. The molecule has 0 aliphatic rings. The van der Waals surface area contributed by atoms with Crippen molar-refractivity contribution < 1.29 is 9.90 Å². The second-order valence-electron chi connectivity index (χ2n) is 2.11. The number of aryl methyl sites for hydroxylation is 1. The van der Waals surface area contributed by atoms with E-state index in [1.165, 1.54) is 12.3 Å².